The number of hydrogen-bond donors (Lipinski definition) is 0. The fourth-order valence-electron chi connectivity index (χ4n) is 1.67. The number of hydrogen-bond acceptors (Lipinski definition) is 4. The first-order valence-corrected chi connectivity index (χ1v) is 6.81. The molecule has 2 heterocycles. The molecule has 18 heavy (non-hydrogen) atoms. The van der Waals surface area contributed by atoms with Crippen LogP contribution in [0.4, 0.5) is 0 Å². The van der Waals surface area contributed by atoms with Gasteiger partial charge in [-0.1, -0.05) is 19.9 Å². The lowest BCUT2D eigenvalue weighted by Crippen LogP contribution is -2.05. The van der Waals surface area contributed by atoms with Crippen LogP contribution >= 0.6 is 15.9 Å². The fraction of sp³-hybridized carbons (Fsp3) is 0.385. The largest absolute Gasteiger partial charge is 0.237 e. The fourth-order valence-corrected chi connectivity index (χ4v) is 2.00. The average Bonchev–Trinajstić information content (AvgIpc) is 2.41. The molecule has 0 N–H and O–H groups in total. The molecule has 0 aliphatic heterocycles. The van der Waals surface area contributed by atoms with Crippen LogP contribution in [0.2, 0.25) is 0 Å². The Balaban J connectivity index is 2.47. The van der Waals surface area contributed by atoms with Crippen molar-refractivity contribution in [2.75, 3.05) is 0 Å². The quantitative estimate of drug-likeness (QED) is 0.818. The molecule has 2 aromatic rings. The normalized spacial score (nSPS) is 10.7. The van der Waals surface area contributed by atoms with Gasteiger partial charge in [0.05, 0.1) is 11.4 Å². The van der Waals surface area contributed by atoms with Crippen molar-refractivity contribution in [1.82, 2.24) is 20.2 Å². The van der Waals surface area contributed by atoms with Crippen molar-refractivity contribution >= 4 is 15.9 Å². The van der Waals surface area contributed by atoms with E-state index in [-0.39, 0.29) is 0 Å². The Morgan fingerprint density at radius 3 is 2.33 bits per heavy atom. The zero-order valence-electron chi connectivity index (χ0n) is 10.7. The van der Waals surface area contributed by atoms with Crippen LogP contribution in [-0.4, -0.2) is 20.2 Å². The van der Waals surface area contributed by atoms with Crippen LogP contribution in [0.25, 0.3) is 11.5 Å². The van der Waals surface area contributed by atoms with E-state index in [0.717, 1.165) is 40.1 Å². The summed E-state index contributed by atoms with van der Waals surface area (Å²) >= 11 is 3.42. The predicted molar refractivity (Wildman–Crippen MR) is 74.3 cm³/mol. The third-order valence-corrected chi connectivity index (χ3v) is 3.58. The van der Waals surface area contributed by atoms with Crippen LogP contribution in [0.15, 0.2) is 16.7 Å². The minimum Gasteiger partial charge on any atom is -0.237 e. The summed E-state index contributed by atoms with van der Waals surface area (Å²) in [6.07, 6.45) is 1.72. The summed E-state index contributed by atoms with van der Waals surface area (Å²) in [5.41, 5.74) is 3.80. The summed E-state index contributed by atoms with van der Waals surface area (Å²) in [5, 5.41) is 8.38. The van der Waals surface area contributed by atoms with Gasteiger partial charge in [-0.2, -0.15) is 5.10 Å². The molecule has 4 nitrogen and oxygen atoms in total. The van der Waals surface area contributed by atoms with E-state index in [2.05, 4.69) is 49.9 Å². The minimum absolute atomic E-state index is 0.588. The summed E-state index contributed by atoms with van der Waals surface area (Å²) in [5.74, 6) is 0.588. The van der Waals surface area contributed by atoms with E-state index < -0.39 is 0 Å². The smallest absolute Gasteiger partial charge is 0.200 e. The van der Waals surface area contributed by atoms with E-state index in [1.165, 1.54) is 0 Å². The zero-order valence-corrected chi connectivity index (χ0v) is 12.3. The molecule has 2 rings (SSSR count). The molecule has 0 aliphatic rings. The molecule has 0 atom stereocenters. The van der Waals surface area contributed by atoms with Crippen molar-refractivity contribution in [2.24, 2.45) is 0 Å². The molecule has 0 amide bonds. The van der Waals surface area contributed by atoms with Gasteiger partial charge in [-0.3, -0.25) is 0 Å². The molecule has 2 aromatic heterocycles. The lowest BCUT2D eigenvalue weighted by Gasteiger charge is -2.06. The molecule has 0 radical (unpaired) electrons. The lowest BCUT2D eigenvalue weighted by molar-refractivity contribution is 0.825. The van der Waals surface area contributed by atoms with Crippen LogP contribution in [0.3, 0.4) is 0 Å². The first kappa shape index (κ1) is 13.1. The monoisotopic (exact) mass is 306 g/mol. The summed E-state index contributed by atoms with van der Waals surface area (Å²) < 4.78 is 0.821. The van der Waals surface area contributed by atoms with Gasteiger partial charge in [-0.25, -0.2) is 9.97 Å². The van der Waals surface area contributed by atoms with Crippen LogP contribution < -0.4 is 0 Å². The van der Waals surface area contributed by atoms with E-state index in [9.17, 15) is 0 Å². The third kappa shape index (κ3) is 2.56. The lowest BCUT2D eigenvalue weighted by atomic mass is 10.2. The van der Waals surface area contributed by atoms with Crippen LogP contribution in [0.1, 0.15) is 30.8 Å². The van der Waals surface area contributed by atoms with Gasteiger partial charge in [0, 0.05) is 0 Å². The Kier molecular flexibility index (Phi) is 4.01. The molecule has 0 unspecified atom stereocenters. The van der Waals surface area contributed by atoms with E-state index in [0.29, 0.717) is 5.82 Å². The average molecular weight is 307 g/mol. The Bertz CT molecular complexity index is 569. The van der Waals surface area contributed by atoms with Gasteiger partial charge >= 0.3 is 0 Å². The van der Waals surface area contributed by atoms with Gasteiger partial charge in [0.25, 0.3) is 0 Å². The highest BCUT2D eigenvalue weighted by atomic mass is 79.9. The van der Waals surface area contributed by atoms with E-state index in [4.69, 9.17) is 0 Å². The second kappa shape index (κ2) is 5.52. The summed E-state index contributed by atoms with van der Waals surface area (Å²) in [7, 11) is 0. The van der Waals surface area contributed by atoms with Gasteiger partial charge in [0.2, 0.25) is 5.82 Å². The molecular formula is C13H15BrN4. The second-order valence-electron chi connectivity index (χ2n) is 4.04. The molecule has 0 aromatic carbocycles. The molecule has 0 saturated heterocycles. The molecule has 0 bridgehead atoms. The highest BCUT2D eigenvalue weighted by Crippen LogP contribution is 2.19. The Hall–Kier alpha value is -1.36. The molecule has 94 valence electrons. The van der Waals surface area contributed by atoms with E-state index in [1.807, 2.05) is 19.1 Å². The maximum Gasteiger partial charge on any atom is 0.200 e. The number of aryl methyl sites for hydroxylation is 3. The first-order valence-electron chi connectivity index (χ1n) is 6.01. The van der Waals surface area contributed by atoms with Gasteiger partial charge < -0.3 is 0 Å². The number of rotatable bonds is 3. The van der Waals surface area contributed by atoms with Crippen LogP contribution in [-0.2, 0) is 12.8 Å². The van der Waals surface area contributed by atoms with Crippen molar-refractivity contribution in [1.29, 1.82) is 0 Å². The SMILES string of the molecule is CCc1nnc(-c2ccc(C)c(Br)n2)nc1CC. The van der Waals surface area contributed by atoms with Gasteiger partial charge in [0.15, 0.2) is 0 Å². The van der Waals surface area contributed by atoms with Crippen molar-refractivity contribution < 1.29 is 0 Å². The van der Waals surface area contributed by atoms with Gasteiger partial charge in [-0.05, 0) is 47.3 Å². The highest BCUT2D eigenvalue weighted by Gasteiger charge is 2.10. The zero-order chi connectivity index (χ0) is 13.1. The topological polar surface area (TPSA) is 51.6 Å². The minimum atomic E-state index is 0.588. The van der Waals surface area contributed by atoms with Crippen molar-refractivity contribution in [3.63, 3.8) is 0 Å². The second-order valence-corrected chi connectivity index (χ2v) is 4.79. The summed E-state index contributed by atoms with van der Waals surface area (Å²) in [4.78, 5) is 8.97. The van der Waals surface area contributed by atoms with Gasteiger partial charge in [0.1, 0.15) is 10.3 Å². The molecule has 0 saturated carbocycles. The van der Waals surface area contributed by atoms with Gasteiger partial charge in [-0.15, -0.1) is 5.10 Å². The Morgan fingerprint density at radius 1 is 1.00 bits per heavy atom. The number of halogens is 1. The maximum atomic E-state index is 4.55. The molecular weight excluding hydrogens is 292 g/mol. The predicted octanol–water partition coefficient (Wildman–Crippen LogP) is 3.13. The third-order valence-electron chi connectivity index (χ3n) is 2.77. The van der Waals surface area contributed by atoms with Crippen molar-refractivity contribution in [2.45, 2.75) is 33.6 Å². The number of aromatic nitrogens is 4. The summed E-state index contributed by atoms with van der Waals surface area (Å²) in [6.45, 7) is 6.13. The first-order chi connectivity index (χ1) is 8.65. The summed E-state index contributed by atoms with van der Waals surface area (Å²) in [6, 6.07) is 3.91. The van der Waals surface area contributed by atoms with E-state index >= 15 is 0 Å². The molecule has 5 heteroatoms. The van der Waals surface area contributed by atoms with Crippen LogP contribution in [0, 0.1) is 6.92 Å². The highest BCUT2D eigenvalue weighted by molar-refractivity contribution is 9.10. The number of nitrogens with zero attached hydrogens (tertiary/aromatic N) is 4. The Morgan fingerprint density at radius 2 is 1.72 bits per heavy atom. The standard InChI is InChI=1S/C13H15BrN4/c1-4-9-10(5-2)17-18-13(16-9)11-7-6-8(3)12(14)15-11/h6-7H,4-5H2,1-3H3. The maximum absolute atomic E-state index is 4.55. The van der Waals surface area contributed by atoms with E-state index in [1.54, 1.807) is 0 Å². The Labute approximate surface area is 115 Å². The van der Waals surface area contributed by atoms with Crippen molar-refractivity contribution in [3.05, 3.63) is 33.7 Å². The molecule has 0 fully saturated rings. The molecule has 0 spiro atoms. The van der Waals surface area contributed by atoms with Crippen molar-refractivity contribution in [3.8, 4) is 11.5 Å². The number of pyridine rings is 1. The van der Waals surface area contributed by atoms with Crippen LogP contribution in [0.5, 0.6) is 0 Å². The molecule has 0 aliphatic carbocycles.